The van der Waals surface area contributed by atoms with Crippen LogP contribution in [0.25, 0.3) is 32.3 Å². The van der Waals surface area contributed by atoms with Crippen molar-refractivity contribution in [2.24, 2.45) is 0 Å². The lowest BCUT2D eigenvalue weighted by atomic mass is 9.95. The zero-order chi connectivity index (χ0) is 28.2. The molecule has 0 fully saturated rings. The first kappa shape index (κ1) is 30.2. The van der Waals surface area contributed by atoms with E-state index in [0.717, 1.165) is 26.2 Å². The highest BCUT2D eigenvalue weighted by atomic mass is 15.2. The molecule has 4 aromatic carbocycles. The van der Waals surface area contributed by atoms with Crippen molar-refractivity contribution >= 4 is 43.7 Å². The molecule has 0 heterocycles. The monoisotopic (exact) mass is 538 g/mol. The van der Waals surface area contributed by atoms with Crippen LogP contribution in [-0.4, -0.2) is 26.2 Å². The quantitative estimate of drug-likeness (QED) is 0.0918. The number of rotatable bonds is 18. The van der Waals surface area contributed by atoms with E-state index in [2.05, 4.69) is 98.2 Å². The summed E-state index contributed by atoms with van der Waals surface area (Å²) < 4.78 is 0. The second kappa shape index (κ2) is 15.9. The van der Waals surface area contributed by atoms with E-state index >= 15 is 0 Å². The van der Waals surface area contributed by atoms with Crippen LogP contribution < -0.4 is 9.80 Å². The van der Waals surface area contributed by atoms with Crippen LogP contribution in [0.1, 0.15) is 105 Å². The summed E-state index contributed by atoms with van der Waals surface area (Å²) in [5.41, 5.74) is 2.96. The molecule has 0 aromatic heterocycles. The number of nitrogens with zero attached hydrogens (tertiary/aromatic N) is 2. The number of anilines is 2. The zero-order valence-electron chi connectivity index (χ0n) is 26.0. The topological polar surface area (TPSA) is 6.48 Å². The van der Waals surface area contributed by atoms with E-state index in [1.807, 2.05) is 0 Å². The Morgan fingerprint density at radius 1 is 0.400 bits per heavy atom. The van der Waals surface area contributed by atoms with Gasteiger partial charge in [0, 0.05) is 31.6 Å². The minimum Gasteiger partial charge on any atom is -0.370 e. The summed E-state index contributed by atoms with van der Waals surface area (Å²) in [6.45, 7) is 13.9. The summed E-state index contributed by atoms with van der Waals surface area (Å²) in [6, 6.07) is 23.3. The van der Waals surface area contributed by atoms with Gasteiger partial charge in [0.1, 0.15) is 0 Å². The molecule has 216 valence electrons. The fraction of sp³-hybridized carbons (Fsp3) is 0.526. The Morgan fingerprint density at radius 2 is 0.850 bits per heavy atom. The lowest BCUT2D eigenvalue weighted by molar-refractivity contribution is 0.625. The van der Waals surface area contributed by atoms with Crippen molar-refractivity contribution < 1.29 is 0 Å². The Hall–Kier alpha value is -2.74. The van der Waals surface area contributed by atoms with Crippen LogP contribution in [0.5, 0.6) is 0 Å². The van der Waals surface area contributed by atoms with Gasteiger partial charge in [0.2, 0.25) is 0 Å². The number of hydrogen-bond acceptors (Lipinski definition) is 2. The third kappa shape index (κ3) is 7.31. The predicted octanol–water partition coefficient (Wildman–Crippen LogP) is 11.5. The van der Waals surface area contributed by atoms with Gasteiger partial charge in [-0.25, -0.2) is 0 Å². The standard InChI is InChI=1S/C38H54N2/c1-5-9-15-27-39(28-16-10-6-2)37-26-25-35-34-22-21-31-19-13-14-20-32(31)33(34)23-24-36(35)38(37)40(29-17-11-7-3)30-18-12-8-4/h13-14,19-26H,5-12,15-18,27-30H2,1-4H3. The zero-order valence-corrected chi connectivity index (χ0v) is 26.0. The molecule has 2 heteroatoms. The van der Waals surface area contributed by atoms with Crippen LogP contribution in [0, 0.1) is 0 Å². The van der Waals surface area contributed by atoms with Gasteiger partial charge in [0.25, 0.3) is 0 Å². The van der Waals surface area contributed by atoms with Crippen LogP contribution >= 0.6 is 0 Å². The molecule has 0 saturated carbocycles. The molecule has 0 unspecified atom stereocenters. The van der Waals surface area contributed by atoms with E-state index in [-0.39, 0.29) is 0 Å². The van der Waals surface area contributed by atoms with Gasteiger partial charge in [0.15, 0.2) is 0 Å². The molecule has 0 spiro atoms. The van der Waals surface area contributed by atoms with Crippen molar-refractivity contribution in [3.63, 3.8) is 0 Å². The lowest BCUT2D eigenvalue weighted by Crippen LogP contribution is -2.31. The number of fused-ring (bicyclic) bond motifs is 5. The normalized spacial score (nSPS) is 11.6. The second-order valence-electron chi connectivity index (χ2n) is 11.8. The van der Waals surface area contributed by atoms with Crippen LogP contribution in [-0.2, 0) is 0 Å². The van der Waals surface area contributed by atoms with Gasteiger partial charge >= 0.3 is 0 Å². The van der Waals surface area contributed by atoms with Crippen LogP contribution in [0.4, 0.5) is 11.4 Å². The molecule has 0 saturated heterocycles. The third-order valence-electron chi connectivity index (χ3n) is 8.66. The minimum atomic E-state index is 1.15. The molecular weight excluding hydrogens is 484 g/mol. The summed E-state index contributed by atoms with van der Waals surface area (Å²) in [5, 5.41) is 8.27. The predicted molar refractivity (Wildman–Crippen MR) is 181 cm³/mol. The number of hydrogen-bond donors (Lipinski definition) is 0. The number of benzene rings is 4. The molecular formula is C38H54N2. The molecule has 0 aliphatic heterocycles. The first-order valence-corrected chi connectivity index (χ1v) is 16.6. The highest BCUT2D eigenvalue weighted by Gasteiger charge is 2.20. The van der Waals surface area contributed by atoms with Gasteiger partial charge in [-0.1, -0.05) is 134 Å². The SMILES string of the molecule is CCCCCN(CCCCC)c1ccc2c(ccc3c4ccccc4ccc23)c1N(CCCCC)CCCCC. The molecule has 0 N–H and O–H groups in total. The van der Waals surface area contributed by atoms with Crippen molar-refractivity contribution in [1.82, 2.24) is 0 Å². The van der Waals surface area contributed by atoms with Gasteiger partial charge in [-0.3, -0.25) is 0 Å². The third-order valence-corrected chi connectivity index (χ3v) is 8.66. The molecule has 0 bridgehead atoms. The Morgan fingerprint density at radius 3 is 1.45 bits per heavy atom. The van der Waals surface area contributed by atoms with E-state index in [0.29, 0.717) is 0 Å². The van der Waals surface area contributed by atoms with E-state index in [4.69, 9.17) is 0 Å². The van der Waals surface area contributed by atoms with Crippen molar-refractivity contribution in [3.05, 3.63) is 60.7 Å². The Bertz CT molecular complexity index is 1300. The number of unbranched alkanes of at least 4 members (excludes halogenated alkanes) is 8. The molecule has 0 aliphatic carbocycles. The van der Waals surface area contributed by atoms with Gasteiger partial charge in [-0.2, -0.15) is 0 Å². The van der Waals surface area contributed by atoms with E-state index in [1.54, 1.807) is 0 Å². The Kier molecular flexibility index (Phi) is 12.0. The minimum absolute atomic E-state index is 1.15. The summed E-state index contributed by atoms with van der Waals surface area (Å²) >= 11 is 0. The van der Waals surface area contributed by atoms with Crippen molar-refractivity contribution in [2.45, 2.75) is 105 Å². The van der Waals surface area contributed by atoms with Gasteiger partial charge in [-0.15, -0.1) is 0 Å². The molecule has 0 aliphatic rings. The fourth-order valence-electron chi connectivity index (χ4n) is 6.36. The maximum absolute atomic E-state index is 2.78. The molecule has 4 aromatic rings. The molecule has 2 nitrogen and oxygen atoms in total. The smallest absolute Gasteiger partial charge is 0.0683 e. The van der Waals surface area contributed by atoms with E-state index in [9.17, 15) is 0 Å². The van der Waals surface area contributed by atoms with Gasteiger partial charge in [0.05, 0.1) is 11.4 Å². The first-order valence-electron chi connectivity index (χ1n) is 16.6. The lowest BCUT2D eigenvalue weighted by Gasteiger charge is -2.34. The first-order chi connectivity index (χ1) is 19.7. The molecule has 0 atom stereocenters. The Labute approximate surface area is 244 Å². The van der Waals surface area contributed by atoms with Gasteiger partial charge in [-0.05, 0) is 58.7 Å². The van der Waals surface area contributed by atoms with Crippen molar-refractivity contribution in [2.75, 3.05) is 36.0 Å². The maximum Gasteiger partial charge on any atom is 0.0683 e. The van der Waals surface area contributed by atoms with Gasteiger partial charge < -0.3 is 9.80 Å². The molecule has 40 heavy (non-hydrogen) atoms. The molecule has 0 amide bonds. The average Bonchev–Trinajstić information content (AvgIpc) is 2.99. The summed E-state index contributed by atoms with van der Waals surface area (Å²) in [6.07, 6.45) is 15.4. The van der Waals surface area contributed by atoms with Crippen molar-refractivity contribution in [3.8, 4) is 0 Å². The van der Waals surface area contributed by atoms with Crippen LogP contribution in [0.3, 0.4) is 0 Å². The summed E-state index contributed by atoms with van der Waals surface area (Å²) in [5.74, 6) is 0. The highest BCUT2D eigenvalue weighted by molar-refractivity contribution is 6.20. The largest absolute Gasteiger partial charge is 0.370 e. The maximum atomic E-state index is 2.78. The second-order valence-corrected chi connectivity index (χ2v) is 11.8. The van der Waals surface area contributed by atoms with Crippen LogP contribution in [0.2, 0.25) is 0 Å². The van der Waals surface area contributed by atoms with Crippen molar-refractivity contribution in [1.29, 1.82) is 0 Å². The summed E-state index contributed by atoms with van der Waals surface area (Å²) in [4.78, 5) is 5.53. The fourth-order valence-corrected chi connectivity index (χ4v) is 6.36. The van der Waals surface area contributed by atoms with Crippen LogP contribution in [0.15, 0.2) is 60.7 Å². The Balaban J connectivity index is 1.90. The molecule has 4 rings (SSSR count). The van der Waals surface area contributed by atoms with E-state index in [1.165, 1.54) is 121 Å². The highest BCUT2D eigenvalue weighted by Crippen LogP contribution is 2.42. The molecule has 0 radical (unpaired) electrons. The average molecular weight is 539 g/mol. The van der Waals surface area contributed by atoms with E-state index < -0.39 is 0 Å². The summed E-state index contributed by atoms with van der Waals surface area (Å²) in [7, 11) is 0.